The molecule has 1 saturated heterocycles. The average Bonchev–Trinajstić information content (AvgIpc) is 2.87. The molecule has 0 radical (unpaired) electrons. The Balaban J connectivity index is 1.67. The highest BCUT2D eigenvalue weighted by atomic mass is 28.3. The van der Waals surface area contributed by atoms with Crippen LogP contribution in [-0.2, 0) is 9.31 Å². The molecule has 0 aromatic heterocycles. The number of rotatable bonds is 3. The lowest BCUT2D eigenvalue weighted by Crippen LogP contribution is -2.41. The first-order valence-electron chi connectivity index (χ1n) is 10.5. The molecule has 1 aliphatic heterocycles. The third-order valence-corrected chi connectivity index (χ3v) is 8.54. The van der Waals surface area contributed by atoms with E-state index in [0.29, 0.717) is 0 Å². The van der Waals surface area contributed by atoms with Crippen LogP contribution in [0.4, 0.5) is 0 Å². The molecule has 4 rings (SSSR count). The fourth-order valence-corrected chi connectivity index (χ4v) is 4.90. The fraction of sp³-hybridized carbons (Fsp3) is 0.360. The molecule has 0 aliphatic carbocycles. The molecule has 150 valence electrons. The summed E-state index contributed by atoms with van der Waals surface area (Å²) in [5, 5.41) is 3.93. The summed E-state index contributed by atoms with van der Waals surface area (Å²) < 4.78 is 12.5. The van der Waals surface area contributed by atoms with E-state index in [2.05, 4.69) is 108 Å². The molecule has 29 heavy (non-hydrogen) atoms. The smallest absolute Gasteiger partial charge is 0.399 e. The van der Waals surface area contributed by atoms with Crippen LogP contribution in [0.1, 0.15) is 27.7 Å². The molecule has 0 saturated carbocycles. The highest BCUT2D eigenvalue weighted by Crippen LogP contribution is 2.36. The normalized spacial score (nSPS) is 18.4. The van der Waals surface area contributed by atoms with Crippen molar-refractivity contribution in [3.63, 3.8) is 0 Å². The molecule has 0 spiro atoms. The predicted octanol–water partition coefficient (Wildman–Crippen LogP) is 5.35. The van der Waals surface area contributed by atoms with E-state index in [0.717, 1.165) is 5.46 Å². The molecule has 3 aromatic rings. The Morgan fingerprint density at radius 3 is 1.79 bits per heavy atom. The third kappa shape index (κ3) is 3.81. The van der Waals surface area contributed by atoms with Gasteiger partial charge in [0.25, 0.3) is 0 Å². The molecule has 0 unspecified atom stereocenters. The molecular weight excluding hydrogens is 371 g/mol. The Bertz CT molecular complexity index is 1030. The Hall–Kier alpha value is -1.88. The van der Waals surface area contributed by atoms with Gasteiger partial charge in [-0.3, -0.25) is 0 Å². The zero-order chi connectivity index (χ0) is 21.0. The van der Waals surface area contributed by atoms with Gasteiger partial charge in [-0.05, 0) is 61.1 Å². The van der Waals surface area contributed by atoms with E-state index in [-0.39, 0.29) is 18.3 Å². The van der Waals surface area contributed by atoms with E-state index in [1.54, 1.807) is 0 Å². The maximum absolute atomic E-state index is 6.24. The summed E-state index contributed by atoms with van der Waals surface area (Å²) in [5.74, 6) is 0. The Morgan fingerprint density at radius 1 is 0.655 bits per heavy atom. The van der Waals surface area contributed by atoms with Gasteiger partial charge in [0, 0.05) is 0 Å². The van der Waals surface area contributed by atoms with Crippen molar-refractivity contribution in [2.24, 2.45) is 0 Å². The molecule has 1 heterocycles. The van der Waals surface area contributed by atoms with Gasteiger partial charge in [-0.1, -0.05) is 79.4 Å². The first-order valence-corrected chi connectivity index (χ1v) is 14.0. The van der Waals surface area contributed by atoms with Crippen molar-refractivity contribution in [2.45, 2.75) is 58.5 Å². The average molecular weight is 402 g/mol. The van der Waals surface area contributed by atoms with Gasteiger partial charge in [-0.2, -0.15) is 0 Å². The first kappa shape index (κ1) is 20.4. The van der Waals surface area contributed by atoms with Gasteiger partial charge < -0.3 is 9.31 Å². The second kappa shape index (κ2) is 6.83. The second-order valence-electron chi connectivity index (χ2n) is 10.2. The van der Waals surface area contributed by atoms with E-state index in [9.17, 15) is 0 Å². The molecule has 0 bridgehead atoms. The SMILES string of the molecule is CC1(C)OB(c2ccc3ccc(-c4ccc([Si](C)(C)C)cc4)cc3c2)OC1(C)C. The zero-order valence-corrected chi connectivity index (χ0v) is 19.7. The standard InChI is InChI=1S/C25H31BO2Si/c1-24(2)25(3,4)28-26(27-24)22-13-10-19-8-9-20(16-21(19)17-22)18-11-14-23(15-12-18)29(5,6)7/h8-17H,1-7H3. The zero-order valence-electron chi connectivity index (χ0n) is 18.7. The van der Waals surface area contributed by atoms with E-state index >= 15 is 0 Å². The lowest BCUT2D eigenvalue weighted by molar-refractivity contribution is 0.00578. The molecule has 1 fully saturated rings. The van der Waals surface area contributed by atoms with Crippen molar-refractivity contribution in [1.82, 2.24) is 0 Å². The van der Waals surface area contributed by atoms with Crippen LogP contribution in [0.25, 0.3) is 21.9 Å². The third-order valence-electron chi connectivity index (χ3n) is 6.47. The van der Waals surface area contributed by atoms with Crippen LogP contribution in [0.3, 0.4) is 0 Å². The molecule has 1 aliphatic rings. The van der Waals surface area contributed by atoms with Gasteiger partial charge >= 0.3 is 7.12 Å². The Morgan fingerprint density at radius 2 is 1.21 bits per heavy atom. The van der Waals surface area contributed by atoms with Gasteiger partial charge in [-0.15, -0.1) is 0 Å². The van der Waals surface area contributed by atoms with Crippen molar-refractivity contribution in [3.05, 3.63) is 60.7 Å². The van der Waals surface area contributed by atoms with E-state index in [1.807, 2.05) is 0 Å². The van der Waals surface area contributed by atoms with Gasteiger partial charge in [0.1, 0.15) is 0 Å². The maximum Gasteiger partial charge on any atom is 0.494 e. The summed E-state index contributed by atoms with van der Waals surface area (Å²) in [4.78, 5) is 0. The lowest BCUT2D eigenvalue weighted by atomic mass is 9.78. The van der Waals surface area contributed by atoms with Gasteiger partial charge in [0.05, 0.1) is 19.3 Å². The summed E-state index contributed by atoms with van der Waals surface area (Å²) in [6, 6.07) is 22.3. The largest absolute Gasteiger partial charge is 0.494 e. The summed E-state index contributed by atoms with van der Waals surface area (Å²) in [6.07, 6.45) is 0. The quantitative estimate of drug-likeness (QED) is 0.550. The molecule has 4 heteroatoms. The van der Waals surface area contributed by atoms with E-state index in [1.165, 1.54) is 27.1 Å². The van der Waals surface area contributed by atoms with Crippen molar-refractivity contribution in [2.75, 3.05) is 0 Å². The second-order valence-corrected chi connectivity index (χ2v) is 15.3. The van der Waals surface area contributed by atoms with Gasteiger partial charge in [-0.25, -0.2) is 0 Å². The fourth-order valence-electron chi connectivity index (χ4n) is 3.73. The molecular formula is C25H31BO2Si. The number of hydrogen-bond acceptors (Lipinski definition) is 2. The van der Waals surface area contributed by atoms with Crippen LogP contribution in [0.2, 0.25) is 19.6 Å². The Kier molecular flexibility index (Phi) is 4.81. The summed E-state index contributed by atoms with van der Waals surface area (Å²) in [5.41, 5.74) is 2.92. The molecule has 2 nitrogen and oxygen atoms in total. The van der Waals surface area contributed by atoms with Crippen LogP contribution in [0, 0.1) is 0 Å². The van der Waals surface area contributed by atoms with Crippen LogP contribution >= 0.6 is 0 Å². The molecule has 3 aromatic carbocycles. The predicted molar refractivity (Wildman–Crippen MR) is 128 cm³/mol. The van der Waals surface area contributed by atoms with E-state index < -0.39 is 8.07 Å². The van der Waals surface area contributed by atoms with Crippen molar-refractivity contribution in [3.8, 4) is 11.1 Å². The molecule has 0 amide bonds. The van der Waals surface area contributed by atoms with Crippen molar-refractivity contribution < 1.29 is 9.31 Å². The van der Waals surface area contributed by atoms with E-state index in [4.69, 9.17) is 9.31 Å². The highest BCUT2D eigenvalue weighted by Gasteiger charge is 2.51. The highest BCUT2D eigenvalue weighted by molar-refractivity contribution is 6.88. The molecule has 0 atom stereocenters. The summed E-state index contributed by atoms with van der Waals surface area (Å²) >= 11 is 0. The minimum atomic E-state index is -1.28. The van der Waals surface area contributed by atoms with Crippen LogP contribution in [0.15, 0.2) is 60.7 Å². The number of fused-ring (bicyclic) bond motifs is 1. The minimum Gasteiger partial charge on any atom is -0.399 e. The summed E-state index contributed by atoms with van der Waals surface area (Å²) in [7, 11) is -1.60. The monoisotopic (exact) mass is 402 g/mol. The number of hydrogen-bond donors (Lipinski definition) is 0. The first-order chi connectivity index (χ1) is 13.5. The maximum atomic E-state index is 6.24. The topological polar surface area (TPSA) is 18.5 Å². The summed E-state index contributed by atoms with van der Waals surface area (Å²) in [6.45, 7) is 15.5. The van der Waals surface area contributed by atoms with Gasteiger partial charge in [0.2, 0.25) is 0 Å². The number of benzene rings is 3. The van der Waals surface area contributed by atoms with Crippen molar-refractivity contribution in [1.29, 1.82) is 0 Å². The van der Waals surface area contributed by atoms with Gasteiger partial charge in [0.15, 0.2) is 0 Å². The Labute approximate surface area is 176 Å². The van der Waals surface area contributed by atoms with Crippen LogP contribution < -0.4 is 10.6 Å². The van der Waals surface area contributed by atoms with Crippen LogP contribution in [0.5, 0.6) is 0 Å². The van der Waals surface area contributed by atoms with Crippen LogP contribution in [-0.4, -0.2) is 26.4 Å². The van der Waals surface area contributed by atoms with Crippen molar-refractivity contribution >= 4 is 36.6 Å². The minimum absolute atomic E-state index is 0.327. The molecule has 0 N–H and O–H groups in total. The lowest BCUT2D eigenvalue weighted by Gasteiger charge is -2.32.